The smallest absolute Gasteiger partial charge is 0.338 e. The minimum Gasteiger partial charge on any atom is -0.478 e. The number of hydrogen-bond donors (Lipinski definition) is 2. The molecule has 19 heavy (non-hydrogen) atoms. The van der Waals surface area contributed by atoms with Crippen molar-refractivity contribution >= 4 is 11.9 Å². The van der Waals surface area contributed by atoms with E-state index in [1.807, 2.05) is 4.90 Å². The molecule has 0 aromatic carbocycles. The van der Waals surface area contributed by atoms with E-state index >= 15 is 0 Å². The van der Waals surface area contributed by atoms with Gasteiger partial charge in [0.05, 0.1) is 18.7 Å². The van der Waals surface area contributed by atoms with Gasteiger partial charge in [-0.15, -0.1) is 0 Å². The second-order valence-corrected chi connectivity index (χ2v) is 4.92. The summed E-state index contributed by atoms with van der Waals surface area (Å²) in [6, 6.07) is 1.82. The van der Waals surface area contributed by atoms with E-state index in [0.29, 0.717) is 18.3 Å². The summed E-state index contributed by atoms with van der Waals surface area (Å²) in [5.74, 6) is -0.847. The average molecular weight is 266 g/mol. The molecule has 0 radical (unpaired) electrons. The number of nitrogens with zero attached hydrogens (tertiary/aromatic N) is 1. The van der Waals surface area contributed by atoms with Gasteiger partial charge in [0.15, 0.2) is 0 Å². The molecule has 0 spiro atoms. The van der Waals surface area contributed by atoms with Gasteiger partial charge >= 0.3 is 5.97 Å². The molecular weight excluding hydrogens is 248 g/mol. The Bertz CT molecular complexity index is 463. The number of primary amides is 1. The van der Waals surface area contributed by atoms with E-state index in [1.54, 1.807) is 0 Å². The van der Waals surface area contributed by atoms with Crippen LogP contribution in [0.25, 0.3) is 0 Å². The number of carboxylic acids is 1. The van der Waals surface area contributed by atoms with Crippen molar-refractivity contribution in [3.63, 3.8) is 0 Å². The largest absolute Gasteiger partial charge is 0.478 e. The standard InChI is InChI=1S/C13H18N2O4/c14-12(16)7-15(10-3-1-2-4-10)6-11-5-9(8-19-11)13(17)18/h5,8,10H,1-4,6-7H2,(H2,14,16)(H,17,18). The molecule has 1 saturated carbocycles. The van der Waals surface area contributed by atoms with Gasteiger partial charge in [0, 0.05) is 6.04 Å². The molecule has 1 aliphatic carbocycles. The number of carbonyl (C=O) groups is 2. The van der Waals surface area contributed by atoms with Crippen molar-refractivity contribution in [2.24, 2.45) is 5.73 Å². The van der Waals surface area contributed by atoms with Crippen molar-refractivity contribution in [1.82, 2.24) is 4.90 Å². The van der Waals surface area contributed by atoms with Gasteiger partial charge in [0.2, 0.25) is 5.91 Å². The summed E-state index contributed by atoms with van der Waals surface area (Å²) in [7, 11) is 0. The molecule has 6 heteroatoms. The van der Waals surface area contributed by atoms with E-state index in [4.69, 9.17) is 15.3 Å². The van der Waals surface area contributed by atoms with E-state index in [1.165, 1.54) is 12.3 Å². The van der Waals surface area contributed by atoms with Crippen molar-refractivity contribution in [1.29, 1.82) is 0 Å². The Morgan fingerprint density at radius 2 is 2.11 bits per heavy atom. The van der Waals surface area contributed by atoms with Gasteiger partial charge in [-0.2, -0.15) is 0 Å². The Morgan fingerprint density at radius 3 is 2.63 bits per heavy atom. The number of aromatic carboxylic acids is 1. The predicted octanol–water partition coefficient (Wildman–Crippen LogP) is 1.21. The number of hydrogen-bond acceptors (Lipinski definition) is 4. The Balaban J connectivity index is 2.05. The lowest BCUT2D eigenvalue weighted by Crippen LogP contribution is -2.39. The molecule has 0 saturated heterocycles. The molecule has 0 bridgehead atoms. The average Bonchev–Trinajstić information content (AvgIpc) is 2.98. The fraction of sp³-hybridized carbons (Fsp3) is 0.538. The SMILES string of the molecule is NC(=O)CN(Cc1cc(C(=O)O)co1)C1CCCC1. The van der Waals surface area contributed by atoms with Crippen LogP contribution in [0.5, 0.6) is 0 Å². The molecule has 1 amide bonds. The summed E-state index contributed by atoms with van der Waals surface area (Å²) >= 11 is 0. The minimum absolute atomic E-state index is 0.125. The first kappa shape index (κ1) is 13.6. The third-order valence-electron chi connectivity index (χ3n) is 3.46. The molecule has 0 unspecified atom stereocenters. The zero-order chi connectivity index (χ0) is 13.8. The quantitative estimate of drug-likeness (QED) is 0.806. The van der Waals surface area contributed by atoms with Gasteiger partial charge in [0.25, 0.3) is 0 Å². The Morgan fingerprint density at radius 1 is 1.42 bits per heavy atom. The first-order valence-corrected chi connectivity index (χ1v) is 6.39. The zero-order valence-electron chi connectivity index (χ0n) is 10.7. The monoisotopic (exact) mass is 266 g/mol. The molecule has 3 N–H and O–H groups in total. The summed E-state index contributed by atoms with van der Waals surface area (Å²) in [6.45, 7) is 0.592. The van der Waals surface area contributed by atoms with Crippen LogP contribution in [0.3, 0.4) is 0 Å². The van der Waals surface area contributed by atoms with Gasteiger partial charge in [-0.05, 0) is 18.9 Å². The number of amides is 1. The molecule has 104 valence electrons. The van der Waals surface area contributed by atoms with Crippen molar-refractivity contribution in [2.75, 3.05) is 6.54 Å². The lowest BCUT2D eigenvalue weighted by Gasteiger charge is -2.26. The van der Waals surface area contributed by atoms with Crippen LogP contribution in [0.4, 0.5) is 0 Å². The zero-order valence-corrected chi connectivity index (χ0v) is 10.7. The summed E-state index contributed by atoms with van der Waals surface area (Å²) < 4.78 is 5.22. The van der Waals surface area contributed by atoms with E-state index in [9.17, 15) is 9.59 Å². The van der Waals surface area contributed by atoms with E-state index in [0.717, 1.165) is 25.7 Å². The molecule has 6 nitrogen and oxygen atoms in total. The summed E-state index contributed by atoms with van der Waals surface area (Å²) in [4.78, 5) is 23.9. The number of carbonyl (C=O) groups excluding carboxylic acids is 1. The number of nitrogens with two attached hydrogens (primary N) is 1. The van der Waals surface area contributed by atoms with Gasteiger partial charge in [-0.3, -0.25) is 9.69 Å². The van der Waals surface area contributed by atoms with Gasteiger partial charge in [-0.25, -0.2) is 4.79 Å². The first-order chi connectivity index (χ1) is 9.06. The summed E-state index contributed by atoms with van der Waals surface area (Å²) in [6.07, 6.45) is 5.60. The lowest BCUT2D eigenvalue weighted by atomic mass is 10.2. The minimum atomic E-state index is -1.02. The van der Waals surface area contributed by atoms with Crippen LogP contribution in [0.15, 0.2) is 16.7 Å². The highest BCUT2D eigenvalue weighted by atomic mass is 16.4. The van der Waals surface area contributed by atoms with Crippen LogP contribution in [-0.2, 0) is 11.3 Å². The fourth-order valence-corrected chi connectivity index (χ4v) is 2.56. The Hall–Kier alpha value is -1.82. The highest BCUT2D eigenvalue weighted by Crippen LogP contribution is 2.25. The maximum absolute atomic E-state index is 11.1. The van der Waals surface area contributed by atoms with Crippen LogP contribution >= 0.6 is 0 Å². The maximum Gasteiger partial charge on any atom is 0.338 e. The first-order valence-electron chi connectivity index (χ1n) is 6.39. The molecule has 0 aliphatic heterocycles. The Labute approximate surface area is 111 Å². The Kier molecular flexibility index (Phi) is 4.21. The molecule has 1 aliphatic rings. The second kappa shape index (κ2) is 5.88. The molecular formula is C13H18N2O4. The second-order valence-electron chi connectivity index (χ2n) is 4.92. The molecule has 1 fully saturated rings. The van der Waals surface area contributed by atoms with Crippen molar-refractivity contribution in [3.8, 4) is 0 Å². The van der Waals surface area contributed by atoms with Crippen LogP contribution in [0, 0.1) is 0 Å². The van der Waals surface area contributed by atoms with E-state index in [2.05, 4.69) is 0 Å². The third kappa shape index (κ3) is 3.57. The molecule has 1 aromatic heterocycles. The van der Waals surface area contributed by atoms with Gasteiger partial charge in [0.1, 0.15) is 12.0 Å². The topological polar surface area (TPSA) is 96.8 Å². The third-order valence-corrected chi connectivity index (χ3v) is 3.46. The van der Waals surface area contributed by atoms with E-state index in [-0.39, 0.29) is 18.0 Å². The molecule has 1 aromatic rings. The van der Waals surface area contributed by atoms with E-state index < -0.39 is 5.97 Å². The van der Waals surface area contributed by atoms with Crippen LogP contribution in [0.1, 0.15) is 41.8 Å². The molecule has 0 atom stereocenters. The lowest BCUT2D eigenvalue weighted by molar-refractivity contribution is -0.119. The maximum atomic E-state index is 11.1. The van der Waals surface area contributed by atoms with Gasteiger partial charge < -0.3 is 15.3 Å². The summed E-state index contributed by atoms with van der Waals surface area (Å²) in [5, 5.41) is 8.84. The van der Waals surface area contributed by atoms with Crippen molar-refractivity contribution in [2.45, 2.75) is 38.3 Å². The highest BCUT2D eigenvalue weighted by molar-refractivity contribution is 5.87. The van der Waals surface area contributed by atoms with Crippen LogP contribution in [-0.4, -0.2) is 34.5 Å². The number of rotatable bonds is 6. The predicted molar refractivity (Wildman–Crippen MR) is 67.5 cm³/mol. The number of carboxylic acid groups (broad SMARTS) is 1. The normalized spacial score (nSPS) is 16.1. The van der Waals surface area contributed by atoms with Crippen molar-refractivity contribution < 1.29 is 19.1 Å². The molecule has 2 rings (SSSR count). The highest BCUT2D eigenvalue weighted by Gasteiger charge is 2.25. The van der Waals surface area contributed by atoms with Crippen LogP contribution < -0.4 is 5.73 Å². The number of furan rings is 1. The van der Waals surface area contributed by atoms with Gasteiger partial charge in [-0.1, -0.05) is 12.8 Å². The summed E-state index contributed by atoms with van der Waals surface area (Å²) in [5.41, 5.74) is 5.39. The fourth-order valence-electron chi connectivity index (χ4n) is 2.56. The van der Waals surface area contributed by atoms with Crippen molar-refractivity contribution in [3.05, 3.63) is 23.7 Å². The molecule has 1 heterocycles. The van der Waals surface area contributed by atoms with Crippen LogP contribution in [0.2, 0.25) is 0 Å².